The van der Waals surface area contributed by atoms with Crippen LogP contribution in [0.15, 0.2) is 156 Å². The van der Waals surface area contributed by atoms with Crippen LogP contribution in [0.25, 0.3) is 114 Å². The van der Waals surface area contributed by atoms with E-state index in [1.807, 2.05) is 47.7 Å². The Balaban J connectivity index is 1.07. The second kappa shape index (κ2) is 10.0. The number of nitrogens with zero attached hydrogens (tertiary/aromatic N) is 3. The molecule has 0 bridgehead atoms. The zero-order valence-corrected chi connectivity index (χ0v) is 27.9. The molecule has 5 heteroatoms. The van der Waals surface area contributed by atoms with Gasteiger partial charge in [-0.2, -0.15) is 0 Å². The number of benzene rings is 8. The summed E-state index contributed by atoms with van der Waals surface area (Å²) in [5.41, 5.74) is 8.72. The lowest BCUT2D eigenvalue weighted by Crippen LogP contribution is -1.95. The third-order valence-electron chi connectivity index (χ3n) is 10.5. The van der Waals surface area contributed by atoms with Crippen molar-refractivity contribution in [1.29, 1.82) is 0 Å². The molecule has 51 heavy (non-hydrogen) atoms. The van der Waals surface area contributed by atoms with Gasteiger partial charge in [-0.1, -0.05) is 97.1 Å². The average Bonchev–Trinajstić information content (AvgIpc) is 3.68. The molecule has 4 aromatic heterocycles. The molecule has 4 nitrogen and oxygen atoms in total. The third kappa shape index (κ3) is 3.78. The topological polar surface area (TPSA) is 43.9 Å². The molecule has 0 atom stereocenters. The van der Waals surface area contributed by atoms with Crippen LogP contribution >= 0.6 is 11.3 Å². The molecule has 0 spiro atoms. The fourth-order valence-electron chi connectivity index (χ4n) is 8.27. The molecule has 8 aromatic carbocycles. The van der Waals surface area contributed by atoms with Gasteiger partial charge in [-0.25, -0.2) is 9.97 Å². The van der Waals surface area contributed by atoms with Crippen molar-refractivity contribution in [3.8, 4) is 28.3 Å². The summed E-state index contributed by atoms with van der Waals surface area (Å²) < 4.78 is 11.4. The van der Waals surface area contributed by atoms with E-state index in [0.717, 1.165) is 49.8 Å². The van der Waals surface area contributed by atoms with E-state index < -0.39 is 0 Å². The van der Waals surface area contributed by atoms with E-state index in [0.29, 0.717) is 11.4 Å². The number of fused-ring (bicyclic) bond motifs is 4. The van der Waals surface area contributed by atoms with Gasteiger partial charge in [0.25, 0.3) is 0 Å². The van der Waals surface area contributed by atoms with Gasteiger partial charge in [0.2, 0.25) is 0 Å². The predicted octanol–water partition coefficient (Wildman–Crippen LogP) is 12.9. The lowest BCUT2D eigenvalue weighted by Gasteiger charge is -2.12. The molecule has 0 radical (unpaired) electrons. The maximum Gasteiger partial charge on any atom is 0.180 e. The van der Waals surface area contributed by atoms with Crippen LogP contribution in [0.5, 0.6) is 0 Å². The maximum atomic E-state index is 6.34. The van der Waals surface area contributed by atoms with E-state index in [9.17, 15) is 0 Å². The highest BCUT2D eigenvalue weighted by Crippen LogP contribution is 2.46. The van der Waals surface area contributed by atoms with Crippen molar-refractivity contribution in [2.75, 3.05) is 0 Å². The summed E-state index contributed by atoms with van der Waals surface area (Å²) in [6.07, 6.45) is 0. The maximum absolute atomic E-state index is 6.34. The minimum atomic E-state index is 0.680. The van der Waals surface area contributed by atoms with Gasteiger partial charge >= 0.3 is 0 Å². The molecule has 236 valence electrons. The second-order valence-corrected chi connectivity index (χ2v) is 14.4. The van der Waals surface area contributed by atoms with Gasteiger partial charge in [0.1, 0.15) is 16.8 Å². The monoisotopic (exact) mass is 667 g/mol. The molecule has 0 aliphatic heterocycles. The Morgan fingerprint density at radius 1 is 0.490 bits per heavy atom. The summed E-state index contributed by atoms with van der Waals surface area (Å²) in [4.78, 5) is 10.2. The number of hydrogen-bond acceptors (Lipinski definition) is 4. The molecule has 4 heterocycles. The number of furan rings is 1. The van der Waals surface area contributed by atoms with Crippen molar-refractivity contribution in [2.24, 2.45) is 0 Å². The van der Waals surface area contributed by atoms with Crippen LogP contribution in [0.2, 0.25) is 0 Å². The average molecular weight is 668 g/mol. The molecule has 12 aromatic rings. The van der Waals surface area contributed by atoms with Crippen molar-refractivity contribution in [1.82, 2.24) is 14.5 Å². The molecule has 0 unspecified atom stereocenters. The molecule has 0 N–H and O–H groups in total. The standard InChI is InChI=1S/C46H25N3OS/c1-2-8-28(9-3-1)43-45-44(33-12-4-5-13-36(33)50-45)48-46(47-43)31-17-16-30-25-32(21-18-29(30)24-31)49-34-22-19-26-10-6-14-37-39(26)41(34)42-35(49)23-20-27-11-7-15-38(51-37)40(27)42/h1-25H. The van der Waals surface area contributed by atoms with E-state index >= 15 is 0 Å². The highest BCUT2D eigenvalue weighted by Gasteiger charge is 2.21. The first-order valence-electron chi connectivity index (χ1n) is 17.2. The van der Waals surface area contributed by atoms with Gasteiger partial charge in [0, 0.05) is 53.1 Å². The van der Waals surface area contributed by atoms with E-state index in [-0.39, 0.29) is 0 Å². The molecule has 0 saturated carbocycles. The van der Waals surface area contributed by atoms with Crippen molar-refractivity contribution < 1.29 is 4.42 Å². The Morgan fingerprint density at radius 3 is 1.92 bits per heavy atom. The van der Waals surface area contributed by atoms with Crippen molar-refractivity contribution in [3.63, 3.8) is 0 Å². The summed E-state index contributed by atoms with van der Waals surface area (Å²) >= 11 is 1.89. The van der Waals surface area contributed by atoms with Crippen LogP contribution in [0, 0.1) is 0 Å². The molecular weight excluding hydrogens is 643 g/mol. The fourth-order valence-corrected chi connectivity index (χ4v) is 9.44. The van der Waals surface area contributed by atoms with Crippen LogP contribution < -0.4 is 0 Å². The number of aromatic nitrogens is 3. The van der Waals surface area contributed by atoms with Gasteiger partial charge in [0.05, 0.1) is 11.0 Å². The van der Waals surface area contributed by atoms with Gasteiger partial charge in [0.15, 0.2) is 11.4 Å². The first kappa shape index (κ1) is 27.3. The molecule has 0 aliphatic rings. The zero-order chi connectivity index (χ0) is 33.2. The molecule has 0 aliphatic carbocycles. The summed E-state index contributed by atoms with van der Waals surface area (Å²) in [5.74, 6) is 0.680. The van der Waals surface area contributed by atoms with Crippen LogP contribution in [-0.4, -0.2) is 14.5 Å². The smallest absolute Gasteiger partial charge is 0.180 e. The number of rotatable bonds is 3. The van der Waals surface area contributed by atoms with E-state index in [4.69, 9.17) is 14.4 Å². The normalized spacial score (nSPS) is 12.3. The zero-order valence-electron chi connectivity index (χ0n) is 27.1. The highest BCUT2D eigenvalue weighted by atomic mass is 32.1. The Kier molecular flexibility index (Phi) is 5.35. The van der Waals surface area contributed by atoms with E-state index in [1.165, 1.54) is 52.8 Å². The minimum Gasteiger partial charge on any atom is -0.452 e. The van der Waals surface area contributed by atoms with Crippen LogP contribution in [0.1, 0.15) is 0 Å². The second-order valence-electron chi connectivity index (χ2n) is 13.3. The Labute approximate surface area is 294 Å². The lowest BCUT2D eigenvalue weighted by molar-refractivity contribution is 0.667. The summed E-state index contributed by atoms with van der Waals surface area (Å²) in [6.45, 7) is 0. The van der Waals surface area contributed by atoms with Gasteiger partial charge in [-0.05, 0) is 76.1 Å². The molecule has 0 saturated heterocycles. The number of hydrogen-bond donors (Lipinski definition) is 0. The lowest BCUT2D eigenvalue weighted by atomic mass is 10.00. The van der Waals surface area contributed by atoms with E-state index in [2.05, 4.69) is 120 Å². The number of para-hydroxylation sites is 1. The van der Waals surface area contributed by atoms with Gasteiger partial charge in [-0.15, -0.1) is 11.3 Å². The predicted molar refractivity (Wildman–Crippen MR) is 214 cm³/mol. The van der Waals surface area contributed by atoms with Crippen LogP contribution in [-0.2, 0) is 0 Å². The third-order valence-corrected chi connectivity index (χ3v) is 11.6. The first-order valence-corrected chi connectivity index (χ1v) is 18.0. The van der Waals surface area contributed by atoms with Crippen LogP contribution in [0.3, 0.4) is 0 Å². The van der Waals surface area contributed by atoms with Crippen molar-refractivity contribution in [3.05, 3.63) is 152 Å². The molecule has 12 rings (SSSR count). The van der Waals surface area contributed by atoms with Crippen LogP contribution in [0.4, 0.5) is 0 Å². The highest BCUT2D eigenvalue weighted by molar-refractivity contribution is 7.24. The summed E-state index contributed by atoms with van der Waals surface area (Å²) in [7, 11) is 0. The molecular formula is C46H25N3OS. The largest absolute Gasteiger partial charge is 0.452 e. The minimum absolute atomic E-state index is 0.680. The fraction of sp³-hybridized carbons (Fsp3) is 0. The first-order chi connectivity index (χ1) is 25.3. The summed E-state index contributed by atoms with van der Waals surface area (Å²) in [5, 5.41) is 11.2. The quantitative estimate of drug-likeness (QED) is 0.188. The summed E-state index contributed by atoms with van der Waals surface area (Å²) in [6, 6.07) is 54.2. The van der Waals surface area contributed by atoms with Crippen molar-refractivity contribution >= 4 is 96.9 Å². The van der Waals surface area contributed by atoms with Gasteiger partial charge in [-0.3, -0.25) is 0 Å². The van der Waals surface area contributed by atoms with Crippen molar-refractivity contribution in [2.45, 2.75) is 0 Å². The van der Waals surface area contributed by atoms with E-state index in [1.54, 1.807) is 0 Å². The Morgan fingerprint density at radius 2 is 1.16 bits per heavy atom. The Bertz CT molecular complexity index is 3270. The molecule has 0 amide bonds. The SMILES string of the molecule is c1ccc(-c2nc(-c3ccc4cc(-n5c6ccc7cccc8sc9cccc%10ccc5c(c%109)c6c78)ccc4c3)nc3c2oc2ccccc23)cc1. The van der Waals surface area contributed by atoms with Gasteiger partial charge < -0.3 is 8.98 Å². The molecule has 0 fully saturated rings. The Hall–Kier alpha value is -6.56.